The molecule has 1 heterocycles. The van der Waals surface area contributed by atoms with Gasteiger partial charge in [0.15, 0.2) is 0 Å². The molecule has 1 aliphatic heterocycles. The molecule has 1 aromatic carbocycles. The van der Waals surface area contributed by atoms with Crippen LogP contribution in [0.1, 0.15) is 37.0 Å². The molecule has 2 amide bonds. The SMILES string of the molecule is CCNCCNC(=O)C1(C)CCCN(C(=O)c2ccccc2)C1. The van der Waals surface area contributed by atoms with Crippen molar-refractivity contribution in [3.05, 3.63) is 35.9 Å². The van der Waals surface area contributed by atoms with E-state index in [1.807, 2.05) is 49.1 Å². The third kappa shape index (κ3) is 4.55. The van der Waals surface area contributed by atoms with E-state index >= 15 is 0 Å². The molecule has 1 atom stereocenters. The van der Waals surface area contributed by atoms with Crippen molar-refractivity contribution in [3.8, 4) is 0 Å². The predicted octanol–water partition coefficient (Wildman–Crippen LogP) is 1.65. The first kappa shape index (κ1) is 17.5. The van der Waals surface area contributed by atoms with E-state index in [2.05, 4.69) is 10.6 Å². The molecule has 1 fully saturated rings. The molecule has 0 radical (unpaired) electrons. The minimum atomic E-state index is -0.505. The minimum Gasteiger partial charge on any atom is -0.354 e. The van der Waals surface area contributed by atoms with E-state index in [9.17, 15) is 9.59 Å². The lowest BCUT2D eigenvalue weighted by Crippen LogP contribution is -2.52. The molecule has 126 valence electrons. The third-order valence-electron chi connectivity index (χ3n) is 4.39. The molecule has 0 bridgehead atoms. The topological polar surface area (TPSA) is 61.4 Å². The second-order valence-corrected chi connectivity index (χ2v) is 6.37. The highest BCUT2D eigenvalue weighted by atomic mass is 16.2. The van der Waals surface area contributed by atoms with Crippen LogP contribution in [0.2, 0.25) is 0 Å². The molecule has 1 saturated heterocycles. The molecule has 0 aliphatic carbocycles. The number of nitrogens with one attached hydrogen (secondary N) is 2. The van der Waals surface area contributed by atoms with Crippen molar-refractivity contribution in [1.29, 1.82) is 0 Å². The number of likely N-dealkylation sites (N-methyl/N-ethyl adjacent to an activating group) is 1. The van der Waals surface area contributed by atoms with Crippen molar-refractivity contribution in [2.45, 2.75) is 26.7 Å². The standard InChI is InChI=1S/C18H27N3O2/c1-3-19-11-12-20-17(23)18(2)10-7-13-21(14-18)16(22)15-8-5-4-6-9-15/h4-6,8-9,19H,3,7,10-14H2,1-2H3,(H,20,23). The zero-order chi connectivity index (χ0) is 16.7. The normalized spacial score (nSPS) is 21.0. The monoisotopic (exact) mass is 317 g/mol. The van der Waals surface area contributed by atoms with Crippen LogP contribution in [0.3, 0.4) is 0 Å². The van der Waals surface area contributed by atoms with Gasteiger partial charge in [-0.2, -0.15) is 0 Å². The second-order valence-electron chi connectivity index (χ2n) is 6.37. The van der Waals surface area contributed by atoms with Crippen LogP contribution >= 0.6 is 0 Å². The van der Waals surface area contributed by atoms with E-state index in [-0.39, 0.29) is 11.8 Å². The van der Waals surface area contributed by atoms with Gasteiger partial charge in [0.1, 0.15) is 0 Å². The molecule has 0 aromatic heterocycles. The molecule has 0 saturated carbocycles. The van der Waals surface area contributed by atoms with E-state index < -0.39 is 5.41 Å². The summed E-state index contributed by atoms with van der Waals surface area (Å²) in [6.07, 6.45) is 1.67. The Kier molecular flexibility index (Phi) is 6.16. The van der Waals surface area contributed by atoms with Crippen molar-refractivity contribution in [2.24, 2.45) is 5.41 Å². The van der Waals surface area contributed by atoms with Crippen LogP contribution in [-0.2, 0) is 4.79 Å². The smallest absolute Gasteiger partial charge is 0.253 e. The third-order valence-corrected chi connectivity index (χ3v) is 4.39. The lowest BCUT2D eigenvalue weighted by molar-refractivity contribution is -0.132. The lowest BCUT2D eigenvalue weighted by Gasteiger charge is -2.39. The summed E-state index contributed by atoms with van der Waals surface area (Å²) in [5, 5.41) is 6.18. The summed E-state index contributed by atoms with van der Waals surface area (Å²) in [4.78, 5) is 26.9. The first-order valence-electron chi connectivity index (χ1n) is 8.40. The molecule has 5 nitrogen and oxygen atoms in total. The van der Waals surface area contributed by atoms with E-state index in [0.717, 1.165) is 25.9 Å². The number of benzene rings is 1. The molecule has 1 aliphatic rings. The highest BCUT2D eigenvalue weighted by Gasteiger charge is 2.39. The van der Waals surface area contributed by atoms with Crippen LogP contribution in [-0.4, -0.2) is 49.4 Å². The Morgan fingerprint density at radius 2 is 1.96 bits per heavy atom. The average Bonchev–Trinajstić information content (AvgIpc) is 2.58. The fourth-order valence-corrected chi connectivity index (χ4v) is 3.02. The Morgan fingerprint density at radius 1 is 1.22 bits per heavy atom. The highest BCUT2D eigenvalue weighted by Crippen LogP contribution is 2.30. The number of rotatable bonds is 6. The Bertz CT molecular complexity index is 532. The summed E-state index contributed by atoms with van der Waals surface area (Å²) in [5.41, 5.74) is 0.179. The molecule has 0 spiro atoms. The van der Waals surface area contributed by atoms with Gasteiger partial charge in [0, 0.05) is 31.7 Å². The molecular formula is C18H27N3O2. The van der Waals surface area contributed by atoms with Crippen molar-refractivity contribution in [1.82, 2.24) is 15.5 Å². The number of carbonyl (C=O) groups excluding carboxylic acids is 2. The number of hydrogen-bond acceptors (Lipinski definition) is 3. The first-order chi connectivity index (χ1) is 11.1. The summed E-state index contributed by atoms with van der Waals surface area (Å²) >= 11 is 0. The predicted molar refractivity (Wildman–Crippen MR) is 91.2 cm³/mol. The lowest BCUT2D eigenvalue weighted by atomic mass is 9.80. The molecule has 1 unspecified atom stereocenters. The summed E-state index contributed by atoms with van der Waals surface area (Å²) < 4.78 is 0. The Morgan fingerprint density at radius 3 is 2.65 bits per heavy atom. The van der Waals surface area contributed by atoms with Gasteiger partial charge in [0.05, 0.1) is 5.41 Å². The number of piperidine rings is 1. The molecular weight excluding hydrogens is 290 g/mol. The maximum absolute atomic E-state index is 12.6. The van der Waals surface area contributed by atoms with Gasteiger partial charge in [-0.3, -0.25) is 9.59 Å². The van der Waals surface area contributed by atoms with Crippen LogP contribution in [0, 0.1) is 5.41 Å². The zero-order valence-electron chi connectivity index (χ0n) is 14.1. The van der Waals surface area contributed by atoms with E-state index in [1.54, 1.807) is 0 Å². The zero-order valence-corrected chi connectivity index (χ0v) is 14.1. The quantitative estimate of drug-likeness (QED) is 0.784. The Labute approximate surface area is 138 Å². The minimum absolute atomic E-state index is 0.0111. The van der Waals surface area contributed by atoms with E-state index in [4.69, 9.17) is 0 Å². The van der Waals surface area contributed by atoms with Crippen LogP contribution < -0.4 is 10.6 Å². The largest absolute Gasteiger partial charge is 0.354 e. The van der Waals surface area contributed by atoms with Crippen LogP contribution in [0.5, 0.6) is 0 Å². The van der Waals surface area contributed by atoms with Crippen LogP contribution in [0.25, 0.3) is 0 Å². The number of carbonyl (C=O) groups is 2. The Balaban J connectivity index is 1.96. The maximum atomic E-state index is 12.6. The average molecular weight is 317 g/mol. The fraction of sp³-hybridized carbons (Fsp3) is 0.556. The van der Waals surface area contributed by atoms with Crippen molar-refractivity contribution in [2.75, 3.05) is 32.7 Å². The molecule has 2 N–H and O–H groups in total. The fourth-order valence-electron chi connectivity index (χ4n) is 3.02. The van der Waals surface area contributed by atoms with E-state index in [0.29, 0.717) is 25.2 Å². The molecule has 1 aromatic rings. The second kappa shape index (κ2) is 8.11. The van der Waals surface area contributed by atoms with Gasteiger partial charge in [-0.25, -0.2) is 0 Å². The van der Waals surface area contributed by atoms with Gasteiger partial charge in [0.25, 0.3) is 5.91 Å². The van der Waals surface area contributed by atoms with Crippen molar-refractivity contribution < 1.29 is 9.59 Å². The summed E-state index contributed by atoms with van der Waals surface area (Å²) in [6, 6.07) is 9.28. The van der Waals surface area contributed by atoms with Crippen LogP contribution in [0.4, 0.5) is 0 Å². The van der Waals surface area contributed by atoms with Crippen molar-refractivity contribution >= 4 is 11.8 Å². The van der Waals surface area contributed by atoms with E-state index in [1.165, 1.54) is 0 Å². The first-order valence-corrected chi connectivity index (χ1v) is 8.40. The highest BCUT2D eigenvalue weighted by molar-refractivity contribution is 5.95. The Hall–Kier alpha value is -1.88. The summed E-state index contributed by atoms with van der Waals surface area (Å²) in [7, 11) is 0. The van der Waals surface area contributed by atoms with Crippen LogP contribution in [0.15, 0.2) is 30.3 Å². The van der Waals surface area contributed by atoms with Crippen molar-refractivity contribution in [3.63, 3.8) is 0 Å². The van der Waals surface area contributed by atoms with Gasteiger partial charge in [0.2, 0.25) is 5.91 Å². The van der Waals surface area contributed by atoms with Gasteiger partial charge < -0.3 is 15.5 Å². The summed E-state index contributed by atoms with van der Waals surface area (Å²) in [6.45, 7) is 7.48. The number of nitrogens with zero attached hydrogens (tertiary/aromatic N) is 1. The summed E-state index contributed by atoms with van der Waals surface area (Å²) in [5.74, 6) is 0.0536. The maximum Gasteiger partial charge on any atom is 0.253 e. The number of hydrogen-bond donors (Lipinski definition) is 2. The molecule has 23 heavy (non-hydrogen) atoms. The van der Waals surface area contributed by atoms with Gasteiger partial charge in [-0.15, -0.1) is 0 Å². The molecule has 5 heteroatoms. The number of amides is 2. The van der Waals surface area contributed by atoms with Gasteiger partial charge in [-0.1, -0.05) is 25.1 Å². The van der Waals surface area contributed by atoms with Gasteiger partial charge >= 0.3 is 0 Å². The molecule has 2 rings (SSSR count). The van der Waals surface area contributed by atoms with Gasteiger partial charge in [-0.05, 0) is 38.4 Å². The number of likely N-dealkylation sites (tertiary alicyclic amines) is 1.